The number of hydrogen-bond acceptors (Lipinski definition) is 6. The van der Waals surface area contributed by atoms with Gasteiger partial charge in [-0.25, -0.2) is 0 Å². The number of dihydropyridines is 1. The van der Waals surface area contributed by atoms with Crippen molar-refractivity contribution in [2.45, 2.75) is 51.4 Å². The van der Waals surface area contributed by atoms with Gasteiger partial charge in [0.05, 0.1) is 19.3 Å². The van der Waals surface area contributed by atoms with Gasteiger partial charge in [-0.15, -0.1) is 0 Å². The van der Waals surface area contributed by atoms with E-state index in [0.717, 1.165) is 18.1 Å². The first-order valence-electron chi connectivity index (χ1n) is 14.8. The summed E-state index contributed by atoms with van der Waals surface area (Å²) in [6, 6.07) is 29.3. The highest BCUT2D eigenvalue weighted by molar-refractivity contribution is 8.00. The zero-order chi connectivity index (χ0) is 29.9. The predicted molar refractivity (Wildman–Crippen MR) is 183 cm³/mol. The topological polar surface area (TPSA) is 57.7 Å². The van der Waals surface area contributed by atoms with E-state index in [9.17, 15) is 0 Å². The largest absolute Gasteiger partial charge is 0.496 e. The fourth-order valence-corrected chi connectivity index (χ4v) is 6.00. The van der Waals surface area contributed by atoms with Gasteiger partial charge in [0, 0.05) is 33.8 Å². The Morgan fingerprint density at radius 3 is 2.29 bits per heavy atom. The molecule has 0 saturated carbocycles. The molecule has 0 bridgehead atoms. The van der Waals surface area contributed by atoms with Crippen LogP contribution in [0.2, 0.25) is 0 Å². The molecule has 3 heterocycles. The SMILES string of the molecule is C1=C(C2=NCc3ccc4ccccc4c3N2)CNC(C2Nc3ccccc3S2)=C1.CC.CC.COc1ccccc1C. The quantitative estimate of drug-likeness (QED) is 0.226. The van der Waals surface area contributed by atoms with Gasteiger partial charge in [-0.05, 0) is 47.7 Å². The summed E-state index contributed by atoms with van der Waals surface area (Å²) in [4.78, 5) is 6.11. The van der Waals surface area contributed by atoms with Gasteiger partial charge in [0.1, 0.15) is 17.0 Å². The van der Waals surface area contributed by atoms with E-state index in [2.05, 4.69) is 88.8 Å². The Labute approximate surface area is 255 Å². The van der Waals surface area contributed by atoms with Crippen LogP contribution in [0.5, 0.6) is 5.75 Å². The highest BCUT2D eigenvalue weighted by atomic mass is 32.2. The van der Waals surface area contributed by atoms with E-state index in [-0.39, 0.29) is 5.37 Å². The van der Waals surface area contributed by atoms with E-state index >= 15 is 0 Å². The lowest BCUT2D eigenvalue weighted by molar-refractivity contribution is 0.411. The van der Waals surface area contributed by atoms with Crippen molar-refractivity contribution in [1.82, 2.24) is 5.32 Å². The molecule has 0 aromatic heterocycles. The van der Waals surface area contributed by atoms with Crippen molar-refractivity contribution in [2.24, 2.45) is 4.99 Å². The Hall–Kier alpha value is -4.16. The van der Waals surface area contributed by atoms with Crippen LogP contribution in [-0.2, 0) is 6.54 Å². The number of rotatable bonds is 3. The molecular weight excluding hydrogens is 536 g/mol. The Morgan fingerprint density at radius 1 is 0.833 bits per heavy atom. The van der Waals surface area contributed by atoms with Crippen LogP contribution in [0.4, 0.5) is 11.4 Å². The van der Waals surface area contributed by atoms with Gasteiger partial charge in [-0.1, -0.05) is 112 Å². The maximum atomic E-state index is 5.04. The van der Waals surface area contributed by atoms with Crippen molar-refractivity contribution in [3.05, 3.63) is 119 Å². The van der Waals surface area contributed by atoms with E-state index in [4.69, 9.17) is 9.73 Å². The molecule has 7 rings (SSSR count). The van der Waals surface area contributed by atoms with Gasteiger partial charge in [0.25, 0.3) is 0 Å². The van der Waals surface area contributed by atoms with Crippen LogP contribution in [0.15, 0.2) is 118 Å². The number of aryl methyl sites for hydroxylation is 1. The van der Waals surface area contributed by atoms with Crippen molar-refractivity contribution in [3.63, 3.8) is 0 Å². The summed E-state index contributed by atoms with van der Waals surface area (Å²) >= 11 is 1.85. The summed E-state index contributed by atoms with van der Waals surface area (Å²) in [5, 5.41) is 13.5. The van der Waals surface area contributed by atoms with Crippen LogP contribution in [0.25, 0.3) is 10.8 Å². The zero-order valence-corrected chi connectivity index (χ0v) is 26.3. The van der Waals surface area contributed by atoms with Crippen molar-refractivity contribution < 1.29 is 4.74 Å². The summed E-state index contributed by atoms with van der Waals surface area (Å²) in [7, 11) is 1.68. The first-order valence-corrected chi connectivity index (χ1v) is 15.7. The first kappa shape index (κ1) is 30.8. The highest BCUT2D eigenvalue weighted by Crippen LogP contribution is 2.40. The second-order valence-electron chi connectivity index (χ2n) is 9.39. The molecule has 3 aliphatic rings. The lowest BCUT2D eigenvalue weighted by atomic mass is 10.0. The van der Waals surface area contributed by atoms with Crippen molar-refractivity contribution >= 4 is 39.7 Å². The Bertz CT molecular complexity index is 1570. The number of nitrogens with one attached hydrogen (secondary N) is 3. The summed E-state index contributed by atoms with van der Waals surface area (Å²) in [5.41, 5.74) is 7.22. The lowest BCUT2D eigenvalue weighted by Gasteiger charge is -2.26. The molecule has 1 atom stereocenters. The van der Waals surface area contributed by atoms with Crippen molar-refractivity contribution in [1.29, 1.82) is 0 Å². The molecule has 0 amide bonds. The van der Waals surface area contributed by atoms with Gasteiger partial charge >= 0.3 is 0 Å². The van der Waals surface area contributed by atoms with E-state index in [1.807, 2.05) is 70.6 Å². The second kappa shape index (κ2) is 15.2. The normalized spacial score (nSPS) is 15.9. The lowest BCUT2D eigenvalue weighted by Crippen LogP contribution is -2.33. The zero-order valence-electron chi connectivity index (χ0n) is 25.5. The van der Waals surface area contributed by atoms with Crippen LogP contribution < -0.4 is 20.7 Å². The van der Waals surface area contributed by atoms with E-state index < -0.39 is 0 Å². The molecule has 6 heteroatoms. The van der Waals surface area contributed by atoms with Crippen molar-refractivity contribution in [3.8, 4) is 5.75 Å². The number of aliphatic imine (C=N–C) groups is 1. The molecule has 0 saturated heterocycles. The molecule has 218 valence electrons. The maximum Gasteiger partial charge on any atom is 0.130 e. The van der Waals surface area contributed by atoms with Crippen molar-refractivity contribution in [2.75, 3.05) is 24.3 Å². The Morgan fingerprint density at radius 2 is 1.57 bits per heavy atom. The average molecular weight is 579 g/mol. The van der Waals surface area contributed by atoms with Gasteiger partial charge in [0.15, 0.2) is 0 Å². The molecule has 42 heavy (non-hydrogen) atoms. The monoisotopic (exact) mass is 578 g/mol. The number of thioether (sulfide) groups is 1. The summed E-state index contributed by atoms with van der Waals surface area (Å²) in [6.07, 6.45) is 4.37. The van der Waals surface area contributed by atoms with E-state index in [0.29, 0.717) is 6.54 Å². The van der Waals surface area contributed by atoms with Crippen LogP contribution in [-0.4, -0.2) is 24.9 Å². The summed E-state index contributed by atoms with van der Waals surface area (Å²) in [5.74, 6) is 1.92. The molecule has 0 aliphatic carbocycles. The molecule has 5 nitrogen and oxygen atoms in total. The standard InChI is InChI=1S/C24H20N4S.C8H10O.2C2H6/c1-2-6-18-15(5-1)9-10-16-13-26-23(28-22(16)18)17-11-12-20(25-14-17)24-27-19-7-3-4-8-21(19)29-24;1-7-5-3-4-6-8(7)9-2;2*1-2/h1-12,24-25,27H,13-14H2,(H,26,28);3-6H,1-2H3;2*1-2H3. The van der Waals surface area contributed by atoms with Gasteiger partial charge in [-0.2, -0.15) is 0 Å². The molecule has 1 unspecified atom stereocenters. The number of amidine groups is 1. The molecular formula is C36H42N4OS. The fourth-order valence-electron chi connectivity index (χ4n) is 4.86. The van der Waals surface area contributed by atoms with Crippen LogP contribution in [0, 0.1) is 6.92 Å². The molecule has 0 radical (unpaired) electrons. The third kappa shape index (κ3) is 7.00. The second-order valence-corrected chi connectivity index (χ2v) is 10.5. The third-order valence-corrected chi connectivity index (χ3v) is 8.15. The number of ether oxygens (including phenoxy) is 1. The third-order valence-electron chi connectivity index (χ3n) is 6.93. The maximum absolute atomic E-state index is 5.04. The Balaban J connectivity index is 0.000000264. The number of nitrogens with zero attached hydrogens (tertiary/aromatic N) is 1. The van der Waals surface area contributed by atoms with Crippen LogP contribution >= 0.6 is 11.8 Å². The number of benzene rings is 4. The molecule has 4 aromatic carbocycles. The van der Waals surface area contributed by atoms with Gasteiger partial charge in [-0.3, -0.25) is 4.99 Å². The Kier molecular flexibility index (Phi) is 11.1. The molecule has 3 N–H and O–H groups in total. The highest BCUT2D eigenvalue weighted by Gasteiger charge is 2.26. The number of fused-ring (bicyclic) bond motifs is 4. The summed E-state index contributed by atoms with van der Waals surface area (Å²) < 4.78 is 5.04. The molecule has 3 aliphatic heterocycles. The first-order chi connectivity index (χ1) is 20.7. The minimum Gasteiger partial charge on any atom is -0.496 e. The van der Waals surface area contributed by atoms with Crippen LogP contribution in [0.3, 0.4) is 0 Å². The van der Waals surface area contributed by atoms with E-state index in [1.54, 1.807) is 7.11 Å². The number of allylic oxidation sites excluding steroid dienone is 2. The minimum absolute atomic E-state index is 0.233. The van der Waals surface area contributed by atoms with Crippen LogP contribution in [0.1, 0.15) is 38.8 Å². The average Bonchev–Trinajstić information content (AvgIpc) is 3.51. The summed E-state index contributed by atoms with van der Waals surface area (Å²) in [6.45, 7) is 11.5. The number of para-hydroxylation sites is 2. The molecule has 4 aromatic rings. The van der Waals surface area contributed by atoms with Gasteiger partial charge < -0.3 is 20.7 Å². The smallest absolute Gasteiger partial charge is 0.130 e. The predicted octanol–water partition coefficient (Wildman–Crippen LogP) is 9.18. The van der Waals surface area contributed by atoms with E-state index in [1.165, 1.54) is 49.4 Å². The van der Waals surface area contributed by atoms with Gasteiger partial charge in [0.2, 0.25) is 0 Å². The molecule has 0 fully saturated rings. The number of anilines is 2. The number of methoxy groups -OCH3 is 1. The fraction of sp³-hybridized carbons (Fsp3) is 0.250. The molecule has 0 spiro atoms. The number of hydrogen-bond donors (Lipinski definition) is 3. The minimum atomic E-state index is 0.233.